The lowest BCUT2D eigenvalue weighted by molar-refractivity contribution is 0.0585. The van der Waals surface area contributed by atoms with Gasteiger partial charge in [-0.15, -0.1) is 11.3 Å². The fraction of sp³-hybridized carbons (Fsp3) is 0.667. The fourth-order valence-electron chi connectivity index (χ4n) is 2.32. The molecular weight excluding hydrogens is 350 g/mol. The van der Waals surface area contributed by atoms with Gasteiger partial charge in [0.1, 0.15) is 0 Å². The van der Waals surface area contributed by atoms with Gasteiger partial charge in [-0.2, -0.15) is 0 Å². The number of hydrogen-bond donors (Lipinski definition) is 1. The third kappa shape index (κ3) is 3.78. The van der Waals surface area contributed by atoms with E-state index in [0.717, 1.165) is 34.7 Å². The zero-order chi connectivity index (χ0) is 14.0. The van der Waals surface area contributed by atoms with Gasteiger partial charge in [-0.1, -0.05) is 0 Å². The molecule has 2 heterocycles. The van der Waals surface area contributed by atoms with Gasteiger partial charge in [-0.25, -0.2) is 13.1 Å². The maximum absolute atomic E-state index is 12.4. The Bertz CT molecular complexity index is 535. The minimum Gasteiger partial charge on any atom is -0.381 e. The van der Waals surface area contributed by atoms with Crippen molar-refractivity contribution in [3.8, 4) is 0 Å². The number of hydrogen-bond acceptors (Lipinski definition) is 4. The van der Waals surface area contributed by atoms with Crippen LogP contribution in [0.15, 0.2) is 14.7 Å². The van der Waals surface area contributed by atoms with Crippen molar-refractivity contribution in [1.82, 2.24) is 4.72 Å². The van der Waals surface area contributed by atoms with Crippen LogP contribution in [0.1, 0.15) is 24.6 Å². The van der Waals surface area contributed by atoms with Gasteiger partial charge < -0.3 is 4.74 Å². The third-order valence-electron chi connectivity index (χ3n) is 3.45. The maximum Gasteiger partial charge on any atom is 0.241 e. The Hall–Kier alpha value is 0.0500. The van der Waals surface area contributed by atoms with E-state index in [1.165, 1.54) is 11.3 Å². The van der Waals surface area contributed by atoms with Crippen LogP contribution in [0, 0.1) is 12.8 Å². The highest BCUT2D eigenvalue weighted by Crippen LogP contribution is 2.30. The van der Waals surface area contributed by atoms with Crippen molar-refractivity contribution in [1.29, 1.82) is 0 Å². The summed E-state index contributed by atoms with van der Waals surface area (Å²) in [4.78, 5) is 1.18. The topological polar surface area (TPSA) is 55.4 Å². The van der Waals surface area contributed by atoms with Gasteiger partial charge in [-0.3, -0.25) is 0 Å². The minimum atomic E-state index is -3.43. The van der Waals surface area contributed by atoms with Crippen LogP contribution in [0.4, 0.5) is 0 Å². The molecule has 1 saturated heterocycles. The first-order valence-corrected chi connectivity index (χ1v) is 9.35. The van der Waals surface area contributed by atoms with Crippen molar-refractivity contribution in [3.05, 3.63) is 14.7 Å². The van der Waals surface area contributed by atoms with Crippen molar-refractivity contribution >= 4 is 37.3 Å². The fourth-order valence-corrected chi connectivity index (χ4v) is 6.04. The Morgan fingerprint density at radius 1 is 1.47 bits per heavy atom. The van der Waals surface area contributed by atoms with Crippen LogP contribution < -0.4 is 4.72 Å². The van der Waals surface area contributed by atoms with Crippen LogP contribution in [0.5, 0.6) is 0 Å². The highest BCUT2D eigenvalue weighted by atomic mass is 79.9. The van der Waals surface area contributed by atoms with Crippen LogP contribution in [-0.4, -0.2) is 27.7 Å². The van der Waals surface area contributed by atoms with Crippen molar-refractivity contribution in [2.75, 3.05) is 13.2 Å². The van der Waals surface area contributed by atoms with E-state index >= 15 is 0 Å². The van der Waals surface area contributed by atoms with Crippen LogP contribution in [0.3, 0.4) is 0 Å². The van der Waals surface area contributed by atoms with Gasteiger partial charge >= 0.3 is 0 Å². The lowest BCUT2D eigenvalue weighted by Crippen LogP contribution is -2.40. The van der Waals surface area contributed by atoms with Gasteiger partial charge in [0.05, 0.1) is 8.68 Å². The summed E-state index contributed by atoms with van der Waals surface area (Å²) in [6.45, 7) is 5.20. The molecule has 1 aromatic rings. The summed E-state index contributed by atoms with van der Waals surface area (Å²) in [5, 5.41) is 0. The predicted molar refractivity (Wildman–Crippen MR) is 80.1 cm³/mol. The summed E-state index contributed by atoms with van der Waals surface area (Å²) in [7, 11) is -3.43. The summed E-state index contributed by atoms with van der Waals surface area (Å²) < 4.78 is 33.7. The predicted octanol–water partition coefficient (Wildman–Crippen LogP) is 2.91. The van der Waals surface area contributed by atoms with E-state index in [0.29, 0.717) is 10.8 Å². The molecular formula is C12H18BrNO3S2. The van der Waals surface area contributed by atoms with Crippen molar-refractivity contribution in [3.63, 3.8) is 0 Å². The molecule has 1 aliphatic heterocycles. The summed E-state index contributed by atoms with van der Waals surface area (Å²) in [6.07, 6.45) is 1.83. The average Bonchev–Trinajstić information content (AvgIpc) is 2.70. The van der Waals surface area contributed by atoms with Crippen molar-refractivity contribution < 1.29 is 13.2 Å². The molecule has 1 fully saturated rings. The Morgan fingerprint density at radius 3 is 2.63 bits per heavy atom. The Labute approximate surface area is 126 Å². The van der Waals surface area contributed by atoms with Gasteiger partial charge in [0.2, 0.25) is 10.0 Å². The Kier molecular flexibility index (Phi) is 5.05. The zero-order valence-electron chi connectivity index (χ0n) is 11.0. The zero-order valence-corrected chi connectivity index (χ0v) is 14.2. The summed E-state index contributed by atoms with van der Waals surface area (Å²) in [5.74, 6) is 0.353. The molecule has 0 radical (unpaired) electrons. The second kappa shape index (κ2) is 6.22. The van der Waals surface area contributed by atoms with E-state index in [1.54, 1.807) is 6.07 Å². The lowest BCUT2D eigenvalue weighted by Gasteiger charge is -2.28. The second-order valence-electron chi connectivity index (χ2n) is 4.83. The van der Waals surface area contributed by atoms with E-state index in [9.17, 15) is 8.42 Å². The van der Waals surface area contributed by atoms with Crippen LogP contribution in [-0.2, 0) is 14.8 Å². The third-order valence-corrected chi connectivity index (χ3v) is 6.81. The van der Waals surface area contributed by atoms with Gasteiger partial charge in [-0.05, 0) is 54.6 Å². The van der Waals surface area contributed by atoms with E-state index in [2.05, 4.69) is 20.7 Å². The number of thiophene rings is 1. The molecule has 0 spiro atoms. The number of ether oxygens (including phenoxy) is 1. The van der Waals surface area contributed by atoms with Crippen molar-refractivity contribution in [2.45, 2.75) is 37.6 Å². The van der Waals surface area contributed by atoms with Gasteiger partial charge in [0.25, 0.3) is 0 Å². The molecule has 0 aromatic carbocycles. The van der Waals surface area contributed by atoms with E-state index in [-0.39, 0.29) is 6.04 Å². The number of nitrogens with one attached hydrogen (secondary N) is 1. The van der Waals surface area contributed by atoms with Gasteiger partial charge in [0, 0.05) is 24.1 Å². The number of rotatable bonds is 4. The molecule has 0 amide bonds. The molecule has 0 aliphatic carbocycles. The molecule has 1 aliphatic rings. The summed E-state index contributed by atoms with van der Waals surface area (Å²) in [5.41, 5.74) is 0. The first-order valence-electron chi connectivity index (χ1n) is 6.26. The number of sulfonamides is 1. The second-order valence-corrected chi connectivity index (χ2v) is 9.15. The van der Waals surface area contributed by atoms with E-state index in [4.69, 9.17) is 4.74 Å². The lowest BCUT2D eigenvalue weighted by atomic mass is 9.94. The van der Waals surface area contributed by atoms with E-state index in [1.807, 2.05) is 13.8 Å². The average molecular weight is 368 g/mol. The van der Waals surface area contributed by atoms with Crippen molar-refractivity contribution in [2.24, 2.45) is 5.92 Å². The molecule has 19 heavy (non-hydrogen) atoms. The molecule has 1 atom stereocenters. The minimum absolute atomic E-state index is 0.0630. The van der Waals surface area contributed by atoms with Crippen LogP contribution in [0.25, 0.3) is 0 Å². The monoisotopic (exact) mass is 367 g/mol. The summed E-state index contributed by atoms with van der Waals surface area (Å²) in [6, 6.07) is 1.60. The quantitative estimate of drug-likeness (QED) is 0.889. The van der Waals surface area contributed by atoms with Crippen LogP contribution in [0.2, 0.25) is 0 Å². The molecule has 1 unspecified atom stereocenters. The Morgan fingerprint density at radius 2 is 2.11 bits per heavy atom. The van der Waals surface area contributed by atoms with Gasteiger partial charge in [0.15, 0.2) is 0 Å². The Balaban J connectivity index is 2.10. The van der Waals surface area contributed by atoms with E-state index < -0.39 is 10.0 Å². The standard InChI is InChI=1S/C12H18BrNO3S2/c1-8(10-3-5-17-6-4-10)14-19(15,16)11-7-12(13)18-9(11)2/h7-8,10,14H,3-6H2,1-2H3. The molecule has 108 valence electrons. The normalized spacial score (nSPS) is 19.5. The molecule has 0 saturated carbocycles. The SMILES string of the molecule is Cc1sc(Br)cc1S(=O)(=O)NC(C)C1CCOCC1. The number of halogens is 1. The number of aryl methyl sites for hydroxylation is 1. The smallest absolute Gasteiger partial charge is 0.241 e. The largest absolute Gasteiger partial charge is 0.381 e. The highest BCUT2D eigenvalue weighted by Gasteiger charge is 2.27. The molecule has 7 heteroatoms. The first-order chi connectivity index (χ1) is 8.90. The molecule has 4 nitrogen and oxygen atoms in total. The maximum atomic E-state index is 12.4. The molecule has 1 N–H and O–H groups in total. The highest BCUT2D eigenvalue weighted by molar-refractivity contribution is 9.11. The van der Waals surface area contributed by atoms with Crippen LogP contribution >= 0.6 is 27.3 Å². The molecule has 1 aromatic heterocycles. The molecule has 2 rings (SSSR count). The first kappa shape index (κ1) is 15.4. The summed E-state index contributed by atoms with van der Waals surface area (Å²) >= 11 is 4.76. The molecule has 0 bridgehead atoms.